The van der Waals surface area contributed by atoms with Gasteiger partial charge in [0.25, 0.3) is 0 Å². The number of fused-ring (bicyclic) bond motifs is 1. The normalized spacial score (nSPS) is 10.8. The van der Waals surface area contributed by atoms with Gasteiger partial charge in [0, 0.05) is 10.8 Å². The molecule has 0 aliphatic rings. The number of pyridine rings is 1. The Bertz CT molecular complexity index is 693. The lowest BCUT2D eigenvalue weighted by atomic mass is 10.2. The third-order valence-electron chi connectivity index (χ3n) is 2.85. The van der Waals surface area contributed by atoms with Crippen molar-refractivity contribution in [1.82, 2.24) is 9.97 Å². The summed E-state index contributed by atoms with van der Waals surface area (Å²) in [7, 11) is 0. The van der Waals surface area contributed by atoms with Gasteiger partial charge in [-0.1, -0.05) is 25.1 Å². The maximum Gasteiger partial charge on any atom is 0.138 e. The predicted molar refractivity (Wildman–Crippen MR) is 77.6 cm³/mol. The fourth-order valence-corrected chi connectivity index (χ4v) is 2.59. The van der Waals surface area contributed by atoms with Crippen LogP contribution in [0.3, 0.4) is 0 Å². The second-order valence-corrected chi connectivity index (χ2v) is 5.18. The number of aryl methyl sites for hydroxylation is 1. The summed E-state index contributed by atoms with van der Waals surface area (Å²) in [6.07, 6.45) is 2.73. The van der Waals surface area contributed by atoms with Crippen LogP contribution in [-0.2, 0) is 13.0 Å². The third kappa shape index (κ3) is 2.74. The molecule has 0 spiro atoms. The van der Waals surface area contributed by atoms with Crippen LogP contribution in [0.1, 0.15) is 17.6 Å². The maximum atomic E-state index is 5.74. The highest BCUT2D eigenvalue weighted by Gasteiger charge is 2.02. The van der Waals surface area contributed by atoms with Crippen molar-refractivity contribution >= 4 is 22.2 Å². The number of para-hydroxylation sites is 1. The fourth-order valence-electron chi connectivity index (χ4n) is 1.86. The first-order valence-electron chi connectivity index (χ1n) is 6.26. The number of hydrogen-bond donors (Lipinski definition) is 0. The van der Waals surface area contributed by atoms with Crippen molar-refractivity contribution in [3.8, 4) is 5.75 Å². The summed E-state index contributed by atoms with van der Waals surface area (Å²) in [5.74, 6) is 0.782. The SMILES string of the molecule is CCc1nc(COc2cnc3ccccc3c2)cs1. The van der Waals surface area contributed by atoms with E-state index in [0.29, 0.717) is 6.61 Å². The second-order valence-electron chi connectivity index (χ2n) is 4.24. The number of hydrogen-bond acceptors (Lipinski definition) is 4. The minimum atomic E-state index is 0.497. The van der Waals surface area contributed by atoms with Gasteiger partial charge in [0.05, 0.1) is 22.4 Å². The lowest BCUT2D eigenvalue weighted by Crippen LogP contribution is -1.96. The minimum absolute atomic E-state index is 0.497. The van der Waals surface area contributed by atoms with Gasteiger partial charge in [-0.05, 0) is 18.6 Å². The van der Waals surface area contributed by atoms with E-state index in [4.69, 9.17) is 4.74 Å². The van der Waals surface area contributed by atoms with Crippen LogP contribution in [0.4, 0.5) is 0 Å². The lowest BCUT2D eigenvalue weighted by molar-refractivity contribution is 0.301. The van der Waals surface area contributed by atoms with Gasteiger partial charge in [-0.3, -0.25) is 4.98 Å². The summed E-state index contributed by atoms with van der Waals surface area (Å²) in [4.78, 5) is 8.85. The van der Waals surface area contributed by atoms with Crippen LogP contribution in [0.2, 0.25) is 0 Å². The van der Waals surface area contributed by atoms with Crippen molar-refractivity contribution in [3.63, 3.8) is 0 Å². The zero-order valence-corrected chi connectivity index (χ0v) is 11.5. The van der Waals surface area contributed by atoms with Crippen molar-refractivity contribution in [2.75, 3.05) is 0 Å². The van der Waals surface area contributed by atoms with E-state index in [1.165, 1.54) is 0 Å². The second kappa shape index (κ2) is 5.36. The zero-order chi connectivity index (χ0) is 13.1. The summed E-state index contributed by atoms with van der Waals surface area (Å²) in [5, 5.41) is 4.29. The number of nitrogens with zero attached hydrogens (tertiary/aromatic N) is 2. The molecule has 96 valence electrons. The molecule has 19 heavy (non-hydrogen) atoms. The van der Waals surface area contributed by atoms with E-state index in [9.17, 15) is 0 Å². The van der Waals surface area contributed by atoms with E-state index in [-0.39, 0.29) is 0 Å². The van der Waals surface area contributed by atoms with E-state index >= 15 is 0 Å². The molecule has 0 fully saturated rings. The van der Waals surface area contributed by atoms with Crippen LogP contribution < -0.4 is 4.74 Å². The molecular weight excluding hydrogens is 256 g/mol. The molecule has 0 N–H and O–H groups in total. The third-order valence-corrected chi connectivity index (χ3v) is 3.90. The fraction of sp³-hybridized carbons (Fsp3) is 0.200. The first-order valence-corrected chi connectivity index (χ1v) is 7.14. The Balaban J connectivity index is 1.74. The molecular formula is C15H14N2OS. The standard InChI is InChI=1S/C15H14N2OS/c1-2-15-17-12(10-19-15)9-18-13-7-11-5-3-4-6-14(11)16-8-13/h3-8,10H,2,9H2,1H3. The molecule has 2 heterocycles. The monoisotopic (exact) mass is 270 g/mol. The zero-order valence-electron chi connectivity index (χ0n) is 10.7. The van der Waals surface area contributed by atoms with Gasteiger partial charge in [-0.2, -0.15) is 0 Å². The van der Waals surface area contributed by atoms with Crippen LogP contribution in [0.5, 0.6) is 5.75 Å². The molecule has 2 aromatic heterocycles. The average molecular weight is 270 g/mol. The molecule has 0 unspecified atom stereocenters. The quantitative estimate of drug-likeness (QED) is 0.722. The van der Waals surface area contributed by atoms with Crippen LogP contribution >= 0.6 is 11.3 Å². The first-order chi connectivity index (χ1) is 9.35. The van der Waals surface area contributed by atoms with Crippen molar-refractivity contribution in [1.29, 1.82) is 0 Å². The smallest absolute Gasteiger partial charge is 0.138 e. The molecule has 3 aromatic rings. The molecule has 0 radical (unpaired) electrons. The van der Waals surface area contributed by atoms with Gasteiger partial charge in [0.2, 0.25) is 0 Å². The summed E-state index contributed by atoms with van der Waals surface area (Å²) in [6.45, 7) is 2.60. The molecule has 0 atom stereocenters. The van der Waals surface area contributed by atoms with Crippen LogP contribution in [0.15, 0.2) is 41.9 Å². The van der Waals surface area contributed by atoms with Gasteiger partial charge < -0.3 is 4.74 Å². The van der Waals surface area contributed by atoms with E-state index in [2.05, 4.69) is 16.9 Å². The Labute approximate surface area is 115 Å². The predicted octanol–water partition coefficient (Wildman–Crippen LogP) is 3.83. The topological polar surface area (TPSA) is 35.0 Å². The molecule has 3 rings (SSSR count). The Morgan fingerprint density at radius 1 is 1.26 bits per heavy atom. The highest BCUT2D eigenvalue weighted by Crippen LogP contribution is 2.19. The van der Waals surface area contributed by atoms with E-state index in [1.807, 2.05) is 35.7 Å². The molecule has 0 aliphatic heterocycles. The molecule has 0 saturated heterocycles. The average Bonchev–Trinajstić information content (AvgIpc) is 2.93. The number of rotatable bonds is 4. The van der Waals surface area contributed by atoms with Crippen LogP contribution in [0, 0.1) is 0 Å². The Hall–Kier alpha value is -1.94. The molecule has 1 aromatic carbocycles. The summed E-state index contributed by atoms with van der Waals surface area (Å²) >= 11 is 1.68. The van der Waals surface area contributed by atoms with Crippen LogP contribution in [0.25, 0.3) is 10.9 Å². The Morgan fingerprint density at radius 3 is 3.00 bits per heavy atom. The number of thiazole rings is 1. The molecule has 0 amide bonds. The molecule has 4 heteroatoms. The van der Waals surface area contributed by atoms with Gasteiger partial charge in [-0.15, -0.1) is 11.3 Å². The molecule has 0 bridgehead atoms. The number of benzene rings is 1. The van der Waals surface area contributed by atoms with Crippen molar-refractivity contribution in [2.45, 2.75) is 20.0 Å². The Kier molecular flexibility index (Phi) is 3.42. The maximum absolute atomic E-state index is 5.74. The Morgan fingerprint density at radius 2 is 2.16 bits per heavy atom. The first kappa shape index (κ1) is 12.1. The van der Waals surface area contributed by atoms with Crippen molar-refractivity contribution in [3.05, 3.63) is 52.6 Å². The summed E-state index contributed by atoms with van der Waals surface area (Å²) in [5.41, 5.74) is 1.96. The van der Waals surface area contributed by atoms with Crippen molar-refractivity contribution < 1.29 is 4.74 Å². The van der Waals surface area contributed by atoms with Crippen molar-refractivity contribution in [2.24, 2.45) is 0 Å². The summed E-state index contributed by atoms with van der Waals surface area (Å²) in [6, 6.07) is 10.0. The highest BCUT2D eigenvalue weighted by atomic mass is 32.1. The van der Waals surface area contributed by atoms with Gasteiger partial charge in [0.15, 0.2) is 0 Å². The van der Waals surface area contributed by atoms with E-state index in [1.54, 1.807) is 17.5 Å². The van der Waals surface area contributed by atoms with E-state index < -0.39 is 0 Å². The molecule has 0 saturated carbocycles. The van der Waals surface area contributed by atoms with Gasteiger partial charge in [0.1, 0.15) is 12.4 Å². The molecule has 3 nitrogen and oxygen atoms in total. The summed E-state index contributed by atoms with van der Waals surface area (Å²) < 4.78 is 5.74. The lowest BCUT2D eigenvalue weighted by Gasteiger charge is -2.05. The minimum Gasteiger partial charge on any atom is -0.486 e. The largest absolute Gasteiger partial charge is 0.486 e. The van der Waals surface area contributed by atoms with Crippen LogP contribution in [-0.4, -0.2) is 9.97 Å². The van der Waals surface area contributed by atoms with E-state index in [0.717, 1.165) is 33.8 Å². The molecule has 0 aliphatic carbocycles. The van der Waals surface area contributed by atoms with Gasteiger partial charge >= 0.3 is 0 Å². The number of aromatic nitrogens is 2. The highest BCUT2D eigenvalue weighted by molar-refractivity contribution is 7.09. The van der Waals surface area contributed by atoms with Gasteiger partial charge in [-0.25, -0.2) is 4.98 Å². The number of ether oxygens (including phenoxy) is 1.